The minimum Gasteiger partial charge on any atom is -0.508 e. The van der Waals surface area contributed by atoms with Crippen LogP contribution in [0.4, 0.5) is 0 Å². The molecule has 0 bridgehead atoms. The van der Waals surface area contributed by atoms with Crippen LogP contribution in [0.1, 0.15) is 16.8 Å². The first-order valence-corrected chi connectivity index (χ1v) is 5.32. The lowest BCUT2D eigenvalue weighted by Crippen LogP contribution is -2.37. The molecular weight excluding hydrogens is 206 g/mol. The van der Waals surface area contributed by atoms with E-state index in [0.717, 1.165) is 13.0 Å². The van der Waals surface area contributed by atoms with Crippen LogP contribution >= 0.6 is 0 Å². The summed E-state index contributed by atoms with van der Waals surface area (Å²) >= 11 is 0. The maximum absolute atomic E-state index is 12.0. The lowest BCUT2D eigenvalue weighted by Gasteiger charge is -2.23. The van der Waals surface area contributed by atoms with E-state index < -0.39 is 0 Å². The maximum Gasteiger partial charge on any atom is 0.253 e. The number of ether oxygens (including phenoxy) is 1. The monoisotopic (exact) mass is 221 g/mol. The van der Waals surface area contributed by atoms with Crippen LogP contribution in [0.3, 0.4) is 0 Å². The molecular formula is C12H15NO3. The number of phenolic OH excluding ortho intramolecular Hbond substituents is 1. The summed E-state index contributed by atoms with van der Waals surface area (Å²) < 4.78 is 5.25. The van der Waals surface area contributed by atoms with Crippen molar-refractivity contribution in [3.8, 4) is 5.75 Å². The molecule has 16 heavy (non-hydrogen) atoms. The largest absolute Gasteiger partial charge is 0.508 e. The number of likely N-dealkylation sites (N-methyl/N-ethyl adjacent to an activating group) is 1. The zero-order chi connectivity index (χ0) is 11.5. The normalized spacial score (nSPS) is 19.7. The van der Waals surface area contributed by atoms with Crippen molar-refractivity contribution in [1.82, 2.24) is 4.90 Å². The second-order valence-corrected chi connectivity index (χ2v) is 3.98. The van der Waals surface area contributed by atoms with E-state index in [1.807, 2.05) is 0 Å². The van der Waals surface area contributed by atoms with Crippen LogP contribution in [0.5, 0.6) is 5.75 Å². The molecule has 0 aromatic heterocycles. The molecule has 86 valence electrons. The van der Waals surface area contributed by atoms with Crippen molar-refractivity contribution in [3.05, 3.63) is 29.8 Å². The van der Waals surface area contributed by atoms with Crippen molar-refractivity contribution >= 4 is 5.91 Å². The minimum atomic E-state index is -0.0319. The highest BCUT2D eigenvalue weighted by molar-refractivity contribution is 5.94. The average Bonchev–Trinajstić information content (AvgIpc) is 2.81. The lowest BCUT2D eigenvalue weighted by atomic mass is 10.1. The number of aromatic hydroxyl groups is 1. The van der Waals surface area contributed by atoms with Gasteiger partial charge in [0.2, 0.25) is 0 Å². The molecule has 0 radical (unpaired) electrons. The van der Waals surface area contributed by atoms with E-state index in [0.29, 0.717) is 12.2 Å². The fraction of sp³-hybridized carbons (Fsp3) is 0.417. The van der Waals surface area contributed by atoms with Gasteiger partial charge in [0.25, 0.3) is 5.91 Å². The van der Waals surface area contributed by atoms with E-state index in [1.165, 1.54) is 12.1 Å². The molecule has 1 amide bonds. The van der Waals surface area contributed by atoms with Crippen LogP contribution in [-0.2, 0) is 4.74 Å². The molecule has 0 aliphatic carbocycles. The Morgan fingerprint density at radius 1 is 1.44 bits per heavy atom. The van der Waals surface area contributed by atoms with Crippen LogP contribution in [0, 0.1) is 0 Å². The molecule has 1 saturated heterocycles. The molecule has 1 aromatic rings. The number of phenols is 1. The number of rotatable bonds is 2. The number of carbonyl (C=O) groups is 1. The molecule has 4 heteroatoms. The summed E-state index contributed by atoms with van der Waals surface area (Å²) in [5, 5.41) is 9.14. The van der Waals surface area contributed by atoms with E-state index in [2.05, 4.69) is 0 Å². The predicted molar refractivity (Wildman–Crippen MR) is 59.4 cm³/mol. The third-order valence-electron chi connectivity index (χ3n) is 2.89. The molecule has 1 unspecified atom stereocenters. The van der Waals surface area contributed by atoms with Gasteiger partial charge in [0.05, 0.1) is 12.6 Å². The van der Waals surface area contributed by atoms with Gasteiger partial charge in [0, 0.05) is 19.2 Å². The molecule has 1 aliphatic heterocycles. The molecule has 0 spiro atoms. The summed E-state index contributed by atoms with van der Waals surface area (Å²) in [5.74, 6) is 0.138. The topological polar surface area (TPSA) is 49.8 Å². The zero-order valence-corrected chi connectivity index (χ0v) is 9.22. The molecule has 2 rings (SSSR count). The molecule has 1 N–H and O–H groups in total. The van der Waals surface area contributed by atoms with Gasteiger partial charge in [-0.2, -0.15) is 0 Å². The first-order valence-electron chi connectivity index (χ1n) is 5.32. The minimum absolute atomic E-state index is 0.0319. The average molecular weight is 221 g/mol. The number of benzene rings is 1. The summed E-state index contributed by atoms with van der Waals surface area (Å²) in [7, 11) is 1.79. The van der Waals surface area contributed by atoms with Crippen LogP contribution < -0.4 is 0 Å². The summed E-state index contributed by atoms with van der Waals surface area (Å²) in [4.78, 5) is 13.7. The number of hydrogen-bond acceptors (Lipinski definition) is 3. The van der Waals surface area contributed by atoms with Crippen LogP contribution in [-0.4, -0.2) is 42.2 Å². The van der Waals surface area contributed by atoms with Crippen molar-refractivity contribution in [2.75, 3.05) is 20.3 Å². The van der Waals surface area contributed by atoms with E-state index in [-0.39, 0.29) is 17.7 Å². The second kappa shape index (κ2) is 4.53. The number of amides is 1. The molecule has 4 nitrogen and oxygen atoms in total. The Hall–Kier alpha value is -1.55. The van der Waals surface area contributed by atoms with Gasteiger partial charge in [-0.05, 0) is 30.7 Å². The Morgan fingerprint density at radius 3 is 2.69 bits per heavy atom. The van der Waals surface area contributed by atoms with Crippen LogP contribution in [0.25, 0.3) is 0 Å². The van der Waals surface area contributed by atoms with Gasteiger partial charge in [-0.3, -0.25) is 4.79 Å². The van der Waals surface area contributed by atoms with E-state index in [9.17, 15) is 4.79 Å². The van der Waals surface area contributed by atoms with Gasteiger partial charge in [0.15, 0.2) is 0 Å². The quantitative estimate of drug-likeness (QED) is 0.817. The van der Waals surface area contributed by atoms with E-state index in [1.54, 1.807) is 24.1 Å². The van der Waals surface area contributed by atoms with Gasteiger partial charge in [-0.25, -0.2) is 0 Å². The smallest absolute Gasteiger partial charge is 0.253 e. The van der Waals surface area contributed by atoms with Crippen molar-refractivity contribution in [1.29, 1.82) is 0 Å². The number of nitrogens with zero attached hydrogens (tertiary/aromatic N) is 1. The zero-order valence-electron chi connectivity index (χ0n) is 9.22. The summed E-state index contributed by atoms with van der Waals surface area (Å²) in [5.41, 5.74) is 0.590. The summed E-state index contributed by atoms with van der Waals surface area (Å²) in [6, 6.07) is 6.47. The SMILES string of the molecule is CN(C(=O)c1ccc(O)cc1)C1CCOC1. The van der Waals surface area contributed by atoms with E-state index >= 15 is 0 Å². The molecule has 1 heterocycles. The lowest BCUT2D eigenvalue weighted by molar-refractivity contribution is 0.0711. The molecule has 1 atom stereocenters. The highest BCUT2D eigenvalue weighted by Gasteiger charge is 2.24. The highest BCUT2D eigenvalue weighted by atomic mass is 16.5. The van der Waals surface area contributed by atoms with Crippen molar-refractivity contribution in [2.24, 2.45) is 0 Å². The summed E-state index contributed by atoms with van der Waals surface area (Å²) in [6.07, 6.45) is 0.889. The van der Waals surface area contributed by atoms with Crippen LogP contribution in [0.2, 0.25) is 0 Å². The first kappa shape index (κ1) is 11.0. The summed E-state index contributed by atoms with van der Waals surface area (Å²) in [6.45, 7) is 1.33. The third kappa shape index (κ3) is 2.17. The fourth-order valence-electron chi connectivity index (χ4n) is 1.80. The van der Waals surface area contributed by atoms with Crippen molar-refractivity contribution < 1.29 is 14.6 Å². The number of carbonyl (C=O) groups excluding carboxylic acids is 1. The number of hydrogen-bond donors (Lipinski definition) is 1. The first-order chi connectivity index (χ1) is 7.68. The molecule has 1 fully saturated rings. The fourth-order valence-corrected chi connectivity index (χ4v) is 1.80. The van der Waals surface area contributed by atoms with Crippen molar-refractivity contribution in [2.45, 2.75) is 12.5 Å². The third-order valence-corrected chi connectivity index (χ3v) is 2.89. The Kier molecular flexibility index (Phi) is 3.10. The highest BCUT2D eigenvalue weighted by Crippen LogP contribution is 2.16. The maximum atomic E-state index is 12.0. The van der Waals surface area contributed by atoms with Gasteiger partial charge in [0.1, 0.15) is 5.75 Å². The van der Waals surface area contributed by atoms with Gasteiger partial charge < -0.3 is 14.7 Å². The van der Waals surface area contributed by atoms with Gasteiger partial charge >= 0.3 is 0 Å². The molecule has 0 saturated carbocycles. The van der Waals surface area contributed by atoms with Gasteiger partial charge in [-0.15, -0.1) is 0 Å². The van der Waals surface area contributed by atoms with Crippen LogP contribution in [0.15, 0.2) is 24.3 Å². The van der Waals surface area contributed by atoms with E-state index in [4.69, 9.17) is 9.84 Å². The standard InChI is InChI=1S/C12H15NO3/c1-13(10-6-7-16-8-10)12(15)9-2-4-11(14)5-3-9/h2-5,10,14H,6-8H2,1H3. The Bertz CT molecular complexity index is 368. The predicted octanol–water partition coefficient (Wildman–Crippen LogP) is 1.25. The second-order valence-electron chi connectivity index (χ2n) is 3.98. The molecule has 1 aromatic carbocycles. The van der Waals surface area contributed by atoms with Gasteiger partial charge in [-0.1, -0.05) is 0 Å². The Morgan fingerprint density at radius 2 is 2.12 bits per heavy atom. The Balaban J connectivity index is 2.08. The Labute approximate surface area is 94.4 Å². The van der Waals surface area contributed by atoms with Crippen molar-refractivity contribution in [3.63, 3.8) is 0 Å². The molecule has 1 aliphatic rings.